The molecule has 0 N–H and O–H groups in total. The number of hydrogen-bond acceptors (Lipinski definition) is 2. The normalized spacial score (nSPS) is 18.7. The Morgan fingerprint density at radius 3 is 3.14 bits per heavy atom. The van der Waals surface area contributed by atoms with Crippen molar-refractivity contribution in [3.8, 4) is 11.8 Å². The maximum absolute atomic E-state index is 8.68. The summed E-state index contributed by atoms with van der Waals surface area (Å²) in [7, 11) is 1.68. The van der Waals surface area contributed by atoms with Gasteiger partial charge in [0.25, 0.3) is 0 Å². The molecule has 0 fully saturated rings. The van der Waals surface area contributed by atoms with Crippen molar-refractivity contribution in [2.75, 3.05) is 7.11 Å². The van der Waals surface area contributed by atoms with Crippen LogP contribution in [0.25, 0.3) is 0 Å². The number of nitriles is 1. The molecule has 0 radical (unpaired) electrons. The Balaban J connectivity index is 2.30. The number of methoxy groups -OCH3 is 1. The zero-order chi connectivity index (χ0) is 9.97. The van der Waals surface area contributed by atoms with E-state index in [1.165, 1.54) is 11.1 Å². The summed E-state index contributed by atoms with van der Waals surface area (Å²) in [5, 5.41) is 8.68. The molecular formula is C12H13NO. The fourth-order valence-corrected chi connectivity index (χ4v) is 2.13. The van der Waals surface area contributed by atoms with Gasteiger partial charge in [-0.05, 0) is 42.0 Å². The summed E-state index contributed by atoms with van der Waals surface area (Å²) in [6, 6.07) is 8.42. The fourth-order valence-electron chi connectivity index (χ4n) is 2.13. The van der Waals surface area contributed by atoms with Gasteiger partial charge < -0.3 is 4.74 Å². The molecule has 0 bridgehead atoms. The molecule has 14 heavy (non-hydrogen) atoms. The number of aryl methyl sites for hydroxylation is 1. The Morgan fingerprint density at radius 1 is 1.57 bits per heavy atom. The van der Waals surface area contributed by atoms with Gasteiger partial charge in [-0.1, -0.05) is 6.07 Å². The first kappa shape index (κ1) is 9.08. The predicted octanol–water partition coefficient (Wildman–Crippen LogP) is 2.64. The van der Waals surface area contributed by atoms with E-state index in [2.05, 4.69) is 18.2 Å². The standard InChI is InChI=1S/C12H13NO/c1-14-11-4-5-12-9(6-7-13)2-3-10(12)8-11/h4-5,8-9H,2-3,6H2,1H3. The lowest BCUT2D eigenvalue weighted by Crippen LogP contribution is -1.92. The van der Waals surface area contributed by atoms with Crippen LogP contribution in [-0.4, -0.2) is 7.11 Å². The molecule has 0 heterocycles. The third kappa shape index (κ3) is 1.46. The van der Waals surface area contributed by atoms with Gasteiger partial charge in [-0.3, -0.25) is 0 Å². The lowest BCUT2D eigenvalue weighted by atomic mass is 9.99. The first-order valence-corrected chi connectivity index (χ1v) is 4.89. The quantitative estimate of drug-likeness (QED) is 0.713. The third-order valence-corrected chi connectivity index (χ3v) is 2.89. The molecule has 1 aliphatic carbocycles. The van der Waals surface area contributed by atoms with Gasteiger partial charge in [-0.2, -0.15) is 5.26 Å². The van der Waals surface area contributed by atoms with E-state index in [0.717, 1.165) is 18.6 Å². The molecule has 0 saturated heterocycles. The molecule has 1 aromatic rings. The molecule has 2 nitrogen and oxygen atoms in total. The van der Waals surface area contributed by atoms with Gasteiger partial charge in [0.05, 0.1) is 13.2 Å². The Hall–Kier alpha value is -1.49. The molecule has 0 aliphatic heterocycles. The third-order valence-electron chi connectivity index (χ3n) is 2.89. The van der Waals surface area contributed by atoms with Crippen LogP contribution in [0.15, 0.2) is 18.2 Å². The summed E-state index contributed by atoms with van der Waals surface area (Å²) in [5.74, 6) is 1.36. The highest BCUT2D eigenvalue weighted by atomic mass is 16.5. The van der Waals surface area contributed by atoms with Crippen LogP contribution in [0.1, 0.15) is 29.9 Å². The van der Waals surface area contributed by atoms with Crippen molar-refractivity contribution in [2.24, 2.45) is 0 Å². The fraction of sp³-hybridized carbons (Fsp3) is 0.417. The summed E-state index contributed by atoms with van der Waals surface area (Å²) in [5.41, 5.74) is 2.69. The van der Waals surface area contributed by atoms with E-state index in [-0.39, 0.29) is 0 Å². The van der Waals surface area contributed by atoms with Crippen molar-refractivity contribution in [3.05, 3.63) is 29.3 Å². The Bertz CT molecular complexity index is 378. The second-order valence-corrected chi connectivity index (χ2v) is 3.66. The summed E-state index contributed by atoms with van der Waals surface area (Å²) in [6.45, 7) is 0. The summed E-state index contributed by atoms with van der Waals surface area (Å²) >= 11 is 0. The predicted molar refractivity (Wildman–Crippen MR) is 54.3 cm³/mol. The second-order valence-electron chi connectivity index (χ2n) is 3.66. The minimum atomic E-state index is 0.445. The van der Waals surface area contributed by atoms with E-state index in [9.17, 15) is 0 Å². The molecule has 2 heteroatoms. The Kier molecular flexibility index (Phi) is 2.41. The lowest BCUT2D eigenvalue weighted by molar-refractivity contribution is 0.414. The Labute approximate surface area is 84.1 Å². The first-order chi connectivity index (χ1) is 6.85. The van der Waals surface area contributed by atoms with Crippen LogP contribution < -0.4 is 4.74 Å². The molecule has 0 aromatic heterocycles. The van der Waals surface area contributed by atoms with Gasteiger partial charge in [0.2, 0.25) is 0 Å². The van der Waals surface area contributed by atoms with Crippen LogP contribution in [0.2, 0.25) is 0 Å². The zero-order valence-corrected chi connectivity index (χ0v) is 8.29. The summed E-state index contributed by atoms with van der Waals surface area (Å²) < 4.78 is 5.17. The number of hydrogen-bond donors (Lipinski definition) is 0. The monoisotopic (exact) mass is 187 g/mol. The lowest BCUT2D eigenvalue weighted by Gasteiger charge is -2.07. The van der Waals surface area contributed by atoms with Crippen molar-refractivity contribution in [2.45, 2.75) is 25.2 Å². The molecule has 1 aliphatic rings. The maximum atomic E-state index is 8.68. The Morgan fingerprint density at radius 2 is 2.43 bits per heavy atom. The van der Waals surface area contributed by atoms with Gasteiger partial charge in [0.1, 0.15) is 5.75 Å². The number of nitrogens with zero attached hydrogens (tertiary/aromatic N) is 1. The molecule has 2 rings (SSSR count). The van der Waals surface area contributed by atoms with Gasteiger partial charge in [-0.15, -0.1) is 0 Å². The van der Waals surface area contributed by atoms with Crippen molar-refractivity contribution in [1.29, 1.82) is 5.26 Å². The minimum absolute atomic E-state index is 0.445. The van der Waals surface area contributed by atoms with Crippen molar-refractivity contribution in [3.63, 3.8) is 0 Å². The molecule has 0 saturated carbocycles. The molecule has 0 spiro atoms. The molecule has 1 aromatic carbocycles. The average molecular weight is 187 g/mol. The second kappa shape index (κ2) is 3.71. The van der Waals surface area contributed by atoms with Crippen molar-refractivity contribution >= 4 is 0 Å². The summed E-state index contributed by atoms with van der Waals surface area (Å²) in [6.07, 6.45) is 2.83. The topological polar surface area (TPSA) is 33.0 Å². The number of benzene rings is 1. The highest BCUT2D eigenvalue weighted by molar-refractivity contribution is 5.41. The number of ether oxygens (including phenoxy) is 1. The van der Waals surface area contributed by atoms with Gasteiger partial charge in [0, 0.05) is 6.42 Å². The molecule has 0 amide bonds. The summed E-state index contributed by atoms with van der Waals surface area (Å²) in [4.78, 5) is 0. The minimum Gasteiger partial charge on any atom is -0.497 e. The van der Waals surface area contributed by atoms with Gasteiger partial charge in [-0.25, -0.2) is 0 Å². The molecule has 72 valence electrons. The SMILES string of the molecule is COc1ccc2c(c1)CCC2CC#N. The van der Waals surface area contributed by atoms with E-state index in [1.54, 1.807) is 7.11 Å². The molecular weight excluding hydrogens is 174 g/mol. The van der Waals surface area contributed by atoms with Crippen molar-refractivity contribution < 1.29 is 4.74 Å². The molecule has 1 atom stereocenters. The average Bonchev–Trinajstić information content (AvgIpc) is 2.61. The van der Waals surface area contributed by atoms with Crippen LogP contribution >= 0.6 is 0 Å². The zero-order valence-electron chi connectivity index (χ0n) is 8.29. The maximum Gasteiger partial charge on any atom is 0.119 e. The highest BCUT2D eigenvalue weighted by Gasteiger charge is 2.22. The van der Waals surface area contributed by atoms with E-state index in [4.69, 9.17) is 10.00 Å². The van der Waals surface area contributed by atoms with E-state index >= 15 is 0 Å². The smallest absolute Gasteiger partial charge is 0.119 e. The van der Waals surface area contributed by atoms with E-state index in [0.29, 0.717) is 12.3 Å². The number of fused-ring (bicyclic) bond motifs is 1. The van der Waals surface area contributed by atoms with Gasteiger partial charge >= 0.3 is 0 Å². The first-order valence-electron chi connectivity index (χ1n) is 4.89. The van der Waals surface area contributed by atoms with Gasteiger partial charge in [0.15, 0.2) is 0 Å². The van der Waals surface area contributed by atoms with E-state index < -0.39 is 0 Å². The van der Waals surface area contributed by atoms with Crippen LogP contribution in [0.4, 0.5) is 0 Å². The number of rotatable bonds is 2. The highest BCUT2D eigenvalue weighted by Crippen LogP contribution is 2.36. The van der Waals surface area contributed by atoms with E-state index in [1.807, 2.05) is 6.07 Å². The van der Waals surface area contributed by atoms with Crippen LogP contribution in [-0.2, 0) is 6.42 Å². The molecule has 1 unspecified atom stereocenters. The van der Waals surface area contributed by atoms with Crippen molar-refractivity contribution in [1.82, 2.24) is 0 Å². The largest absolute Gasteiger partial charge is 0.497 e. The van der Waals surface area contributed by atoms with Crippen LogP contribution in [0.3, 0.4) is 0 Å². The van der Waals surface area contributed by atoms with Crippen LogP contribution in [0, 0.1) is 11.3 Å². The van der Waals surface area contributed by atoms with Crippen LogP contribution in [0.5, 0.6) is 5.75 Å².